The van der Waals surface area contributed by atoms with Gasteiger partial charge in [0.25, 0.3) is 0 Å². The second kappa shape index (κ2) is 8.54. The Morgan fingerprint density at radius 1 is 1.29 bits per heavy atom. The first-order valence-corrected chi connectivity index (χ1v) is 7.02. The van der Waals surface area contributed by atoms with E-state index in [1.54, 1.807) is 19.1 Å². The summed E-state index contributed by atoms with van der Waals surface area (Å²) in [6.45, 7) is 4.93. The molecule has 116 valence electrons. The van der Waals surface area contributed by atoms with Crippen molar-refractivity contribution in [1.82, 2.24) is 10.2 Å². The molecule has 1 amide bonds. The summed E-state index contributed by atoms with van der Waals surface area (Å²) in [5.74, 6) is -0.0969. The number of likely N-dealkylation sites (N-methyl/N-ethyl adjacent to an activating group) is 1. The van der Waals surface area contributed by atoms with E-state index in [1.165, 1.54) is 0 Å². The number of carbonyl (C=O) groups is 2. The lowest BCUT2D eigenvalue weighted by Crippen LogP contribution is -2.43. The van der Waals surface area contributed by atoms with Crippen molar-refractivity contribution in [2.75, 3.05) is 33.9 Å². The molecule has 5 nitrogen and oxygen atoms in total. The predicted molar refractivity (Wildman–Crippen MR) is 82.5 cm³/mol. The maximum atomic E-state index is 12.3. The molecule has 0 aliphatic rings. The van der Waals surface area contributed by atoms with Gasteiger partial charge in [-0.05, 0) is 20.9 Å². The second-order valence-electron chi connectivity index (χ2n) is 5.16. The molecule has 1 aromatic rings. The molecule has 0 heterocycles. The molecule has 0 saturated heterocycles. The van der Waals surface area contributed by atoms with Crippen LogP contribution in [-0.4, -0.2) is 56.5 Å². The van der Waals surface area contributed by atoms with E-state index in [2.05, 4.69) is 5.32 Å². The van der Waals surface area contributed by atoms with Gasteiger partial charge in [0.15, 0.2) is 5.78 Å². The molecule has 21 heavy (non-hydrogen) atoms. The molecule has 0 aliphatic carbocycles. The van der Waals surface area contributed by atoms with Gasteiger partial charge in [-0.25, -0.2) is 0 Å². The number of Topliss-reactive ketones (excluding diaryl/α,β-unsaturated/α-hetero) is 1. The van der Waals surface area contributed by atoms with Crippen LogP contribution in [0.3, 0.4) is 0 Å². The van der Waals surface area contributed by atoms with Crippen molar-refractivity contribution in [2.45, 2.75) is 19.9 Å². The topological polar surface area (TPSA) is 58.6 Å². The van der Waals surface area contributed by atoms with E-state index in [-0.39, 0.29) is 24.3 Å². The van der Waals surface area contributed by atoms with Gasteiger partial charge in [-0.15, -0.1) is 0 Å². The Hall–Kier alpha value is -1.72. The zero-order valence-electron chi connectivity index (χ0n) is 13.2. The van der Waals surface area contributed by atoms with Crippen LogP contribution in [-0.2, 0) is 9.53 Å². The molecule has 0 aliphatic heterocycles. The van der Waals surface area contributed by atoms with Crippen LogP contribution in [0, 0.1) is 6.92 Å². The number of hydrogen-bond donors (Lipinski definition) is 1. The molecule has 0 spiro atoms. The SMILES string of the molecule is COCCNC(=O)CN(C)C(C)C(=O)c1ccc(C)cc1. The Kier molecular flexibility index (Phi) is 7.05. The smallest absolute Gasteiger partial charge is 0.234 e. The highest BCUT2D eigenvalue weighted by molar-refractivity contribution is 6.00. The Morgan fingerprint density at radius 2 is 1.90 bits per heavy atom. The van der Waals surface area contributed by atoms with Gasteiger partial charge in [-0.1, -0.05) is 29.8 Å². The van der Waals surface area contributed by atoms with Crippen molar-refractivity contribution in [2.24, 2.45) is 0 Å². The lowest BCUT2D eigenvalue weighted by atomic mass is 10.0. The van der Waals surface area contributed by atoms with Gasteiger partial charge in [-0.2, -0.15) is 0 Å². The summed E-state index contributed by atoms with van der Waals surface area (Å²) in [4.78, 5) is 25.8. The molecule has 1 rings (SSSR count). The third-order valence-electron chi connectivity index (χ3n) is 3.40. The van der Waals surface area contributed by atoms with Crippen molar-refractivity contribution >= 4 is 11.7 Å². The Balaban J connectivity index is 2.53. The summed E-state index contributed by atoms with van der Waals surface area (Å²) in [7, 11) is 3.35. The number of benzene rings is 1. The minimum atomic E-state index is -0.346. The number of carbonyl (C=O) groups excluding carboxylic acids is 2. The molecule has 0 aromatic heterocycles. The summed E-state index contributed by atoms with van der Waals surface area (Å²) >= 11 is 0. The standard InChI is InChI=1S/C16H24N2O3/c1-12-5-7-14(8-6-12)16(20)13(2)18(3)11-15(19)17-9-10-21-4/h5-8,13H,9-11H2,1-4H3,(H,17,19). The maximum Gasteiger partial charge on any atom is 0.234 e. The number of nitrogens with one attached hydrogen (secondary N) is 1. The number of methoxy groups -OCH3 is 1. The van der Waals surface area contributed by atoms with Crippen LogP contribution in [0.4, 0.5) is 0 Å². The van der Waals surface area contributed by atoms with Crippen molar-refractivity contribution in [3.05, 3.63) is 35.4 Å². The van der Waals surface area contributed by atoms with Crippen LogP contribution in [0.15, 0.2) is 24.3 Å². The first kappa shape index (κ1) is 17.3. The highest BCUT2D eigenvalue weighted by Crippen LogP contribution is 2.09. The van der Waals surface area contributed by atoms with E-state index in [0.717, 1.165) is 5.56 Å². The molecular weight excluding hydrogens is 268 g/mol. The molecule has 1 aromatic carbocycles. The lowest BCUT2D eigenvalue weighted by Gasteiger charge is -2.23. The molecule has 0 radical (unpaired) electrons. The number of aryl methyl sites for hydroxylation is 1. The van der Waals surface area contributed by atoms with Crippen molar-refractivity contribution in [1.29, 1.82) is 0 Å². The average Bonchev–Trinajstić information content (AvgIpc) is 2.46. The normalized spacial score (nSPS) is 12.2. The van der Waals surface area contributed by atoms with Gasteiger partial charge in [0.1, 0.15) is 0 Å². The molecule has 0 saturated carbocycles. The average molecular weight is 292 g/mol. The quantitative estimate of drug-likeness (QED) is 0.579. The number of hydrogen-bond acceptors (Lipinski definition) is 4. The highest BCUT2D eigenvalue weighted by Gasteiger charge is 2.21. The van der Waals surface area contributed by atoms with Crippen LogP contribution >= 0.6 is 0 Å². The first-order valence-electron chi connectivity index (χ1n) is 7.02. The van der Waals surface area contributed by atoms with E-state index < -0.39 is 0 Å². The van der Waals surface area contributed by atoms with Crippen LogP contribution in [0.25, 0.3) is 0 Å². The van der Waals surface area contributed by atoms with Crippen molar-refractivity contribution in [3.63, 3.8) is 0 Å². The van der Waals surface area contributed by atoms with Crippen LogP contribution < -0.4 is 5.32 Å². The van der Waals surface area contributed by atoms with Gasteiger partial charge in [-0.3, -0.25) is 14.5 Å². The zero-order valence-corrected chi connectivity index (χ0v) is 13.2. The van der Waals surface area contributed by atoms with E-state index in [1.807, 2.05) is 38.1 Å². The molecular formula is C16H24N2O3. The van der Waals surface area contributed by atoms with E-state index in [4.69, 9.17) is 4.74 Å². The summed E-state index contributed by atoms with van der Waals surface area (Å²) < 4.78 is 4.87. The Labute approximate surface area is 126 Å². The fraction of sp³-hybridized carbons (Fsp3) is 0.500. The molecule has 5 heteroatoms. The van der Waals surface area contributed by atoms with E-state index in [0.29, 0.717) is 18.7 Å². The fourth-order valence-corrected chi connectivity index (χ4v) is 1.87. The lowest BCUT2D eigenvalue weighted by molar-refractivity contribution is -0.122. The summed E-state index contributed by atoms with van der Waals surface area (Å²) in [5, 5.41) is 2.74. The Bertz CT molecular complexity index is 471. The minimum absolute atomic E-state index is 0.0159. The van der Waals surface area contributed by atoms with Gasteiger partial charge >= 0.3 is 0 Å². The fourth-order valence-electron chi connectivity index (χ4n) is 1.87. The summed E-state index contributed by atoms with van der Waals surface area (Å²) in [6, 6.07) is 7.12. The first-order chi connectivity index (χ1) is 9.95. The van der Waals surface area contributed by atoms with Gasteiger partial charge < -0.3 is 10.1 Å². The molecule has 1 atom stereocenters. The number of ketones is 1. The monoisotopic (exact) mass is 292 g/mol. The van der Waals surface area contributed by atoms with Crippen LogP contribution in [0.1, 0.15) is 22.8 Å². The third kappa shape index (κ3) is 5.65. The molecule has 1 unspecified atom stereocenters. The van der Waals surface area contributed by atoms with Crippen LogP contribution in [0.5, 0.6) is 0 Å². The minimum Gasteiger partial charge on any atom is -0.383 e. The number of nitrogens with zero attached hydrogens (tertiary/aromatic N) is 1. The van der Waals surface area contributed by atoms with E-state index >= 15 is 0 Å². The highest BCUT2D eigenvalue weighted by atomic mass is 16.5. The van der Waals surface area contributed by atoms with E-state index in [9.17, 15) is 9.59 Å². The summed E-state index contributed by atoms with van der Waals surface area (Å²) in [5.41, 5.74) is 1.78. The Morgan fingerprint density at radius 3 is 2.48 bits per heavy atom. The number of rotatable bonds is 8. The van der Waals surface area contributed by atoms with Gasteiger partial charge in [0, 0.05) is 19.2 Å². The molecule has 0 fully saturated rings. The number of ether oxygens (including phenoxy) is 1. The second-order valence-corrected chi connectivity index (χ2v) is 5.16. The van der Waals surface area contributed by atoms with Crippen molar-refractivity contribution < 1.29 is 14.3 Å². The predicted octanol–water partition coefficient (Wildman–Crippen LogP) is 1.26. The molecule has 1 N–H and O–H groups in total. The largest absolute Gasteiger partial charge is 0.383 e. The van der Waals surface area contributed by atoms with Gasteiger partial charge in [0.2, 0.25) is 5.91 Å². The summed E-state index contributed by atoms with van der Waals surface area (Å²) in [6.07, 6.45) is 0. The zero-order chi connectivity index (χ0) is 15.8. The van der Waals surface area contributed by atoms with Crippen LogP contribution in [0.2, 0.25) is 0 Å². The van der Waals surface area contributed by atoms with Gasteiger partial charge in [0.05, 0.1) is 19.2 Å². The molecule has 0 bridgehead atoms. The number of amides is 1. The third-order valence-corrected chi connectivity index (χ3v) is 3.40. The van der Waals surface area contributed by atoms with Crippen molar-refractivity contribution in [3.8, 4) is 0 Å². The maximum absolute atomic E-state index is 12.3.